The molecule has 1 aliphatic rings. The number of hydrogen-bond donors (Lipinski definition) is 3. The molecule has 30 heavy (non-hydrogen) atoms. The molecule has 178 valence electrons. The summed E-state index contributed by atoms with van der Waals surface area (Å²) in [5, 5.41) is 16.2. The average Bonchev–Trinajstić information content (AvgIpc) is 3.02. The fourth-order valence-corrected chi connectivity index (χ4v) is 4.50. The first kappa shape index (κ1) is 27.2. The highest BCUT2D eigenvalue weighted by molar-refractivity contribution is 5.74. The molecule has 2 amide bonds. The van der Waals surface area contributed by atoms with Gasteiger partial charge in [-0.25, -0.2) is 4.79 Å². The molecular formula is C24H48N2O4. The number of hydrogen-bond acceptors (Lipinski definition) is 4. The molecule has 1 saturated carbocycles. The fourth-order valence-electron chi connectivity index (χ4n) is 4.50. The van der Waals surface area contributed by atoms with Crippen LogP contribution >= 0.6 is 0 Å². The molecular weight excluding hydrogens is 380 g/mol. The maximum absolute atomic E-state index is 12.2. The van der Waals surface area contributed by atoms with Crippen LogP contribution in [-0.2, 0) is 9.47 Å². The molecule has 1 rings (SSSR count). The van der Waals surface area contributed by atoms with Crippen molar-refractivity contribution in [2.24, 2.45) is 5.92 Å². The number of aliphatic hydroxyl groups excluding tert-OH is 1. The van der Waals surface area contributed by atoms with Crippen LogP contribution in [0, 0.1) is 5.92 Å². The number of aliphatic hydroxyl groups is 1. The Morgan fingerprint density at radius 2 is 1.43 bits per heavy atom. The summed E-state index contributed by atoms with van der Waals surface area (Å²) in [7, 11) is 3.20. The molecule has 3 N–H and O–H groups in total. The number of unbranched alkanes of at least 4 members (excludes halogenated alkanes) is 12. The van der Waals surface area contributed by atoms with E-state index in [4.69, 9.17) is 9.47 Å². The highest BCUT2D eigenvalue weighted by Crippen LogP contribution is 2.28. The third-order valence-electron chi connectivity index (χ3n) is 6.31. The van der Waals surface area contributed by atoms with E-state index in [9.17, 15) is 9.90 Å². The Balaban J connectivity index is 1.96. The standard InChI is InChI=1S/C24H48N2O4/c1-4-5-6-7-8-9-10-11-12-13-14-15-16-17-25-24(28)26-21-18-20(19-29-2)22(27)23(21)30-3/h20-23,27H,4-19H2,1-3H3,(H2,25,26,28)/t20-,21+,22+,23?/m1/s1. The summed E-state index contributed by atoms with van der Waals surface area (Å²) in [5.74, 6) is -0.00805. The lowest BCUT2D eigenvalue weighted by Gasteiger charge is -2.22. The Bertz CT molecular complexity index is 422. The number of methoxy groups -OCH3 is 2. The van der Waals surface area contributed by atoms with Crippen molar-refractivity contribution in [1.82, 2.24) is 10.6 Å². The highest BCUT2D eigenvalue weighted by Gasteiger charge is 2.43. The van der Waals surface area contributed by atoms with Crippen LogP contribution in [0.15, 0.2) is 0 Å². The smallest absolute Gasteiger partial charge is 0.315 e. The van der Waals surface area contributed by atoms with Crippen LogP contribution in [0.3, 0.4) is 0 Å². The van der Waals surface area contributed by atoms with Crippen molar-refractivity contribution in [3.63, 3.8) is 0 Å². The van der Waals surface area contributed by atoms with Crippen molar-refractivity contribution in [3.8, 4) is 0 Å². The van der Waals surface area contributed by atoms with Gasteiger partial charge in [-0.3, -0.25) is 0 Å². The summed E-state index contributed by atoms with van der Waals surface area (Å²) in [6.45, 7) is 3.43. The zero-order chi connectivity index (χ0) is 22.0. The number of amides is 2. The number of rotatable bonds is 18. The van der Waals surface area contributed by atoms with Gasteiger partial charge in [0.25, 0.3) is 0 Å². The molecule has 0 aromatic heterocycles. The minimum atomic E-state index is -0.610. The van der Waals surface area contributed by atoms with Crippen LogP contribution in [0.4, 0.5) is 4.79 Å². The van der Waals surface area contributed by atoms with Crippen LogP contribution in [0.5, 0.6) is 0 Å². The van der Waals surface area contributed by atoms with Gasteiger partial charge in [0.1, 0.15) is 6.10 Å². The molecule has 0 spiro atoms. The van der Waals surface area contributed by atoms with Gasteiger partial charge in [0, 0.05) is 26.7 Å². The lowest BCUT2D eigenvalue weighted by Crippen LogP contribution is -2.48. The van der Waals surface area contributed by atoms with E-state index >= 15 is 0 Å². The SMILES string of the molecule is CCCCCCCCCCCCCCCNC(=O)N[C@H]1C[C@H](COC)[C@H](O)C1OC. The number of carbonyl (C=O) groups is 1. The van der Waals surface area contributed by atoms with Gasteiger partial charge in [0.05, 0.1) is 18.8 Å². The van der Waals surface area contributed by atoms with E-state index in [1.807, 2.05) is 0 Å². The van der Waals surface area contributed by atoms with Gasteiger partial charge in [-0.1, -0.05) is 84.0 Å². The summed E-state index contributed by atoms with van der Waals surface area (Å²) >= 11 is 0. The lowest BCUT2D eigenvalue weighted by molar-refractivity contribution is -0.0278. The molecule has 0 bridgehead atoms. The van der Waals surface area contributed by atoms with Crippen LogP contribution in [0.25, 0.3) is 0 Å². The van der Waals surface area contributed by atoms with E-state index in [1.54, 1.807) is 14.2 Å². The summed E-state index contributed by atoms with van der Waals surface area (Å²) in [6.07, 6.45) is 16.8. The first-order chi connectivity index (χ1) is 14.6. The predicted octanol–water partition coefficient (Wildman–Crippen LogP) is 4.79. The van der Waals surface area contributed by atoms with Gasteiger partial charge < -0.3 is 25.2 Å². The molecule has 0 heterocycles. The second kappa shape index (κ2) is 17.8. The van der Waals surface area contributed by atoms with Crippen molar-refractivity contribution in [3.05, 3.63) is 0 Å². The van der Waals surface area contributed by atoms with Crippen molar-refractivity contribution in [2.45, 2.75) is 115 Å². The van der Waals surface area contributed by atoms with Gasteiger partial charge in [0.15, 0.2) is 0 Å². The van der Waals surface area contributed by atoms with Crippen LogP contribution < -0.4 is 10.6 Å². The third kappa shape index (κ3) is 11.5. The highest BCUT2D eigenvalue weighted by atomic mass is 16.5. The zero-order valence-corrected chi connectivity index (χ0v) is 19.8. The number of ether oxygens (including phenoxy) is 2. The maximum atomic E-state index is 12.2. The summed E-state index contributed by atoms with van der Waals surface area (Å²) in [4.78, 5) is 12.2. The Labute approximate surface area is 184 Å². The fraction of sp³-hybridized carbons (Fsp3) is 0.958. The third-order valence-corrected chi connectivity index (χ3v) is 6.31. The van der Waals surface area contributed by atoms with E-state index in [0.29, 0.717) is 19.6 Å². The molecule has 1 fully saturated rings. The Morgan fingerprint density at radius 3 is 1.93 bits per heavy atom. The lowest BCUT2D eigenvalue weighted by atomic mass is 10.0. The van der Waals surface area contributed by atoms with Crippen molar-refractivity contribution in [2.75, 3.05) is 27.4 Å². The first-order valence-electron chi connectivity index (χ1n) is 12.4. The largest absolute Gasteiger partial charge is 0.390 e. The molecule has 0 aliphatic heterocycles. The molecule has 4 atom stereocenters. The predicted molar refractivity (Wildman–Crippen MR) is 123 cm³/mol. The summed E-state index contributed by atoms with van der Waals surface area (Å²) in [6, 6.07) is -0.358. The Kier molecular flexibility index (Phi) is 16.1. The average molecular weight is 429 g/mol. The van der Waals surface area contributed by atoms with E-state index in [0.717, 1.165) is 12.8 Å². The van der Waals surface area contributed by atoms with Gasteiger partial charge in [-0.15, -0.1) is 0 Å². The molecule has 0 saturated heterocycles. The Morgan fingerprint density at radius 1 is 0.900 bits per heavy atom. The van der Waals surface area contributed by atoms with Crippen molar-refractivity contribution in [1.29, 1.82) is 0 Å². The molecule has 0 radical (unpaired) electrons. The van der Waals surface area contributed by atoms with Crippen LogP contribution in [0.1, 0.15) is 96.8 Å². The van der Waals surface area contributed by atoms with Crippen molar-refractivity contribution < 1.29 is 19.4 Å². The molecule has 1 unspecified atom stereocenters. The topological polar surface area (TPSA) is 79.8 Å². The van der Waals surface area contributed by atoms with E-state index in [-0.39, 0.29) is 24.1 Å². The number of nitrogens with one attached hydrogen (secondary N) is 2. The summed E-state index contributed by atoms with van der Waals surface area (Å²) < 4.78 is 10.5. The molecule has 6 nitrogen and oxygen atoms in total. The minimum absolute atomic E-state index is 0.00805. The molecule has 0 aromatic carbocycles. The number of carbonyl (C=O) groups excluding carboxylic acids is 1. The molecule has 1 aliphatic carbocycles. The van der Waals surface area contributed by atoms with Crippen molar-refractivity contribution >= 4 is 6.03 Å². The Hall–Kier alpha value is -0.850. The van der Waals surface area contributed by atoms with Crippen LogP contribution in [-0.4, -0.2) is 56.8 Å². The monoisotopic (exact) mass is 428 g/mol. The van der Waals surface area contributed by atoms with Gasteiger partial charge in [-0.2, -0.15) is 0 Å². The van der Waals surface area contributed by atoms with E-state index < -0.39 is 6.10 Å². The summed E-state index contributed by atoms with van der Waals surface area (Å²) in [5.41, 5.74) is 0. The quantitative estimate of drug-likeness (QED) is 0.274. The second-order valence-electron chi connectivity index (χ2n) is 8.89. The maximum Gasteiger partial charge on any atom is 0.315 e. The second-order valence-corrected chi connectivity index (χ2v) is 8.89. The van der Waals surface area contributed by atoms with Gasteiger partial charge in [0.2, 0.25) is 0 Å². The van der Waals surface area contributed by atoms with E-state index in [1.165, 1.54) is 70.6 Å². The normalized spacial score (nSPS) is 23.6. The number of urea groups is 1. The zero-order valence-electron chi connectivity index (χ0n) is 19.8. The van der Waals surface area contributed by atoms with Gasteiger partial charge in [-0.05, 0) is 12.8 Å². The molecule has 0 aromatic rings. The van der Waals surface area contributed by atoms with E-state index in [2.05, 4.69) is 17.6 Å². The van der Waals surface area contributed by atoms with Crippen LogP contribution in [0.2, 0.25) is 0 Å². The first-order valence-corrected chi connectivity index (χ1v) is 12.4. The van der Waals surface area contributed by atoms with Gasteiger partial charge >= 0.3 is 6.03 Å². The molecule has 6 heteroatoms. The minimum Gasteiger partial charge on any atom is -0.390 e.